The minimum Gasteiger partial charge on any atom is -0.478 e. The van der Waals surface area contributed by atoms with Gasteiger partial charge in [-0.2, -0.15) is 0 Å². The lowest BCUT2D eigenvalue weighted by atomic mass is 10.0. The predicted molar refractivity (Wildman–Crippen MR) is 96.6 cm³/mol. The van der Waals surface area contributed by atoms with Crippen LogP contribution in [0.4, 0.5) is 0 Å². The maximum atomic E-state index is 11.5. The van der Waals surface area contributed by atoms with Crippen LogP contribution >= 0.6 is 0 Å². The van der Waals surface area contributed by atoms with Crippen molar-refractivity contribution >= 4 is 11.8 Å². The van der Waals surface area contributed by atoms with Crippen molar-refractivity contribution in [2.75, 3.05) is 0 Å². The molecule has 0 aromatic rings. The third kappa shape index (κ3) is 18.6. The van der Waals surface area contributed by atoms with E-state index in [-0.39, 0.29) is 5.78 Å². The first-order chi connectivity index (χ1) is 11.2. The molecular weight excluding hydrogens is 288 g/mol. The van der Waals surface area contributed by atoms with E-state index < -0.39 is 5.97 Å². The van der Waals surface area contributed by atoms with Crippen LogP contribution in [0.2, 0.25) is 0 Å². The summed E-state index contributed by atoms with van der Waals surface area (Å²) in [6.07, 6.45) is 21.4. The van der Waals surface area contributed by atoms with E-state index in [0.29, 0.717) is 6.42 Å². The first-order valence-corrected chi connectivity index (χ1v) is 9.27. The van der Waals surface area contributed by atoms with E-state index in [1.165, 1.54) is 82.4 Å². The Balaban J connectivity index is 3.29. The van der Waals surface area contributed by atoms with Gasteiger partial charge in [0.05, 0.1) is 0 Å². The number of aliphatic carboxylic acids is 1. The van der Waals surface area contributed by atoms with Crippen LogP contribution < -0.4 is 0 Å². The number of carbonyl (C=O) groups excluding carboxylic acids is 1. The monoisotopic (exact) mass is 322 g/mol. The van der Waals surface area contributed by atoms with Crippen LogP contribution in [0.5, 0.6) is 0 Å². The molecule has 3 heteroatoms. The second kappa shape index (κ2) is 17.0. The smallest absolute Gasteiger partial charge is 0.328 e. The molecule has 1 N–H and O–H groups in total. The van der Waals surface area contributed by atoms with Crippen molar-refractivity contribution in [1.29, 1.82) is 0 Å². The van der Waals surface area contributed by atoms with E-state index in [9.17, 15) is 9.59 Å². The van der Waals surface area contributed by atoms with Gasteiger partial charge in [0.1, 0.15) is 0 Å². The summed E-state index contributed by atoms with van der Waals surface area (Å²) in [7, 11) is 0. The summed E-state index contributed by atoms with van der Waals surface area (Å²) < 4.78 is 0. The third-order valence-electron chi connectivity index (χ3n) is 3.91. The summed E-state index contributed by atoms with van der Waals surface area (Å²) in [4.78, 5) is 21.7. The SMILES string of the molecule is CCCCCCCCCCCCCCC(=O)C=CC=CC(=O)O. The van der Waals surface area contributed by atoms with E-state index in [4.69, 9.17) is 5.11 Å². The average Bonchev–Trinajstić information content (AvgIpc) is 2.52. The highest BCUT2D eigenvalue weighted by Gasteiger charge is 1.97. The van der Waals surface area contributed by atoms with Gasteiger partial charge >= 0.3 is 5.97 Å². The van der Waals surface area contributed by atoms with Crippen molar-refractivity contribution in [1.82, 2.24) is 0 Å². The molecule has 0 fully saturated rings. The number of carboxylic acid groups (broad SMARTS) is 1. The molecule has 0 atom stereocenters. The largest absolute Gasteiger partial charge is 0.478 e. The zero-order valence-electron chi connectivity index (χ0n) is 14.8. The second-order valence-electron chi connectivity index (χ2n) is 6.16. The summed E-state index contributed by atoms with van der Waals surface area (Å²) in [6, 6.07) is 0. The Labute approximate surface area is 141 Å². The lowest BCUT2D eigenvalue weighted by Gasteiger charge is -2.02. The van der Waals surface area contributed by atoms with Crippen LogP contribution in [0, 0.1) is 0 Å². The fourth-order valence-electron chi connectivity index (χ4n) is 2.52. The van der Waals surface area contributed by atoms with Gasteiger partial charge in [0.2, 0.25) is 0 Å². The van der Waals surface area contributed by atoms with Crippen molar-refractivity contribution < 1.29 is 14.7 Å². The van der Waals surface area contributed by atoms with Crippen LogP contribution in [0.1, 0.15) is 90.4 Å². The van der Waals surface area contributed by atoms with Gasteiger partial charge in [-0.15, -0.1) is 0 Å². The summed E-state index contributed by atoms with van der Waals surface area (Å²) in [5, 5.41) is 8.40. The third-order valence-corrected chi connectivity index (χ3v) is 3.91. The number of carbonyl (C=O) groups is 2. The highest BCUT2D eigenvalue weighted by molar-refractivity contribution is 5.90. The van der Waals surface area contributed by atoms with Gasteiger partial charge in [0.25, 0.3) is 0 Å². The van der Waals surface area contributed by atoms with Gasteiger partial charge in [-0.25, -0.2) is 4.79 Å². The fourth-order valence-corrected chi connectivity index (χ4v) is 2.52. The molecule has 0 amide bonds. The lowest BCUT2D eigenvalue weighted by molar-refractivity contribution is -0.131. The molecule has 0 aliphatic carbocycles. The highest BCUT2D eigenvalue weighted by atomic mass is 16.4. The Kier molecular flexibility index (Phi) is 16.0. The molecule has 0 aromatic heterocycles. The standard InChI is InChI=1S/C20H34O3/c1-2-3-4-5-6-7-8-9-10-11-12-13-16-19(21)17-14-15-18-20(22)23/h14-15,17-18H,2-13,16H2,1H3,(H,22,23). The normalized spacial score (nSPS) is 11.5. The summed E-state index contributed by atoms with van der Waals surface area (Å²) in [5.41, 5.74) is 0. The molecule has 0 aliphatic rings. The van der Waals surface area contributed by atoms with E-state index in [0.717, 1.165) is 18.9 Å². The molecule has 0 unspecified atom stereocenters. The molecule has 0 saturated heterocycles. The molecular formula is C20H34O3. The summed E-state index contributed by atoms with van der Waals surface area (Å²) in [5.74, 6) is -0.921. The zero-order chi connectivity index (χ0) is 17.2. The van der Waals surface area contributed by atoms with E-state index >= 15 is 0 Å². The Hall–Kier alpha value is -1.38. The minimum atomic E-state index is -0.997. The maximum Gasteiger partial charge on any atom is 0.328 e. The molecule has 0 spiro atoms. The zero-order valence-corrected chi connectivity index (χ0v) is 14.8. The average molecular weight is 322 g/mol. The molecule has 0 saturated carbocycles. The lowest BCUT2D eigenvalue weighted by Crippen LogP contribution is -1.92. The molecule has 132 valence electrons. The quantitative estimate of drug-likeness (QED) is 0.220. The van der Waals surface area contributed by atoms with Gasteiger partial charge in [0, 0.05) is 12.5 Å². The predicted octanol–water partition coefficient (Wildman–Crippen LogP) is 5.84. The Morgan fingerprint density at radius 3 is 1.61 bits per heavy atom. The molecule has 0 aliphatic heterocycles. The Morgan fingerprint density at radius 2 is 1.13 bits per heavy atom. The summed E-state index contributed by atoms with van der Waals surface area (Å²) in [6.45, 7) is 2.25. The fraction of sp³-hybridized carbons (Fsp3) is 0.700. The minimum absolute atomic E-state index is 0.0760. The van der Waals surface area contributed by atoms with Crippen LogP contribution in [0.25, 0.3) is 0 Å². The van der Waals surface area contributed by atoms with E-state index in [2.05, 4.69) is 6.92 Å². The van der Waals surface area contributed by atoms with Gasteiger partial charge in [0.15, 0.2) is 5.78 Å². The van der Waals surface area contributed by atoms with Crippen LogP contribution in [-0.2, 0) is 9.59 Å². The molecule has 0 bridgehead atoms. The Bertz CT molecular complexity index is 356. The summed E-state index contributed by atoms with van der Waals surface area (Å²) >= 11 is 0. The number of hydrogen-bond donors (Lipinski definition) is 1. The number of carboxylic acids is 1. The molecule has 0 rings (SSSR count). The molecule has 3 nitrogen and oxygen atoms in total. The Morgan fingerprint density at radius 1 is 0.696 bits per heavy atom. The van der Waals surface area contributed by atoms with Crippen LogP contribution in [-0.4, -0.2) is 16.9 Å². The van der Waals surface area contributed by atoms with Crippen molar-refractivity contribution in [3.8, 4) is 0 Å². The van der Waals surface area contributed by atoms with Gasteiger partial charge in [-0.05, 0) is 12.5 Å². The number of rotatable bonds is 16. The highest BCUT2D eigenvalue weighted by Crippen LogP contribution is 2.12. The first kappa shape index (κ1) is 21.6. The van der Waals surface area contributed by atoms with Crippen LogP contribution in [0.3, 0.4) is 0 Å². The molecule has 0 aromatic carbocycles. The van der Waals surface area contributed by atoms with Crippen molar-refractivity contribution in [2.24, 2.45) is 0 Å². The number of allylic oxidation sites excluding steroid dienone is 3. The number of unbranched alkanes of at least 4 members (excludes halogenated alkanes) is 11. The first-order valence-electron chi connectivity index (χ1n) is 9.27. The van der Waals surface area contributed by atoms with Gasteiger partial charge in [-0.1, -0.05) is 89.7 Å². The molecule has 23 heavy (non-hydrogen) atoms. The van der Waals surface area contributed by atoms with Crippen molar-refractivity contribution in [2.45, 2.75) is 90.4 Å². The van der Waals surface area contributed by atoms with Crippen molar-refractivity contribution in [3.05, 3.63) is 24.3 Å². The van der Waals surface area contributed by atoms with Crippen molar-refractivity contribution in [3.63, 3.8) is 0 Å². The maximum absolute atomic E-state index is 11.5. The van der Waals surface area contributed by atoms with Gasteiger partial charge < -0.3 is 5.11 Å². The number of hydrogen-bond acceptors (Lipinski definition) is 2. The van der Waals surface area contributed by atoms with E-state index in [1.807, 2.05) is 0 Å². The second-order valence-corrected chi connectivity index (χ2v) is 6.16. The molecule has 0 heterocycles. The van der Waals surface area contributed by atoms with Gasteiger partial charge in [-0.3, -0.25) is 4.79 Å². The number of ketones is 1. The molecule has 0 radical (unpaired) electrons. The van der Waals surface area contributed by atoms with Crippen LogP contribution in [0.15, 0.2) is 24.3 Å². The van der Waals surface area contributed by atoms with E-state index in [1.54, 1.807) is 0 Å². The topological polar surface area (TPSA) is 54.4 Å².